The van der Waals surface area contributed by atoms with Gasteiger partial charge in [-0.1, -0.05) is 12.8 Å². The highest BCUT2D eigenvalue weighted by Crippen LogP contribution is 2.39. The van der Waals surface area contributed by atoms with E-state index in [9.17, 15) is 0 Å². The molecule has 3 nitrogen and oxygen atoms in total. The highest BCUT2D eigenvalue weighted by atomic mass is 15.2. The van der Waals surface area contributed by atoms with Gasteiger partial charge in [0.1, 0.15) is 0 Å². The summed E-state index contributed by atoms with van der Waals surface area (Å²) in [6.07, 6.45) is 9.52. The fourth-order valence-electron chi connectivity index (χ4n) is 3.58. The predicted molar refractivity (Wildman–Crippen MR) is 73.4 cm³/mol. The minimum absolute atomic E-state index is 0.623. The third-order valence-corrected chi connectivity index (χ3v) is 4.44. The van der Waals surface area contributed by atoms with E-state index >= 15 is 0 Å². The van der Waals surface area contributed by atoms with E-state index in [0.29, 0.717) is 6.04 Å². The minimum atomic E-state index is 0.623. The maximum absolute atomic E-state index is 4.17. The maximum Gasteiger partial charge on any atom is 0.0378 e. The van der Waals surface area contributed by atoms with E-state index in [1.54, 1.807) is 0 Å². The third kappa shape index (κ3) is 2.57. The van der Waals surface area contributed by atoms with Crippen LogP contribution in [0.15, 0.2) is 24.5 Å². The molecule has 0 spiro atoms. The first kappa shape index (κ1) is 12.1. The molecule has 3 heteroatoms. The first-order valence-electron chi connectivity index (χ1n) is 7.30. The third-order valence-electron chi connectivity index (χ3n) is 4.44. The van der Waals surface area contributed by atoms with Gasteiger partial charge in [-0.05, 0) is 36.5 Å². The van der Waals surface area contributed by atoms with Gasteiger partial charge < -0.3 is 5.32 Å². The zero-order valence-corrected chi connectivity index (χ0v) is 11.0. The molecule has 0 aromatic carbocycles. The predicted octanol–water partition coefficient (Wildman–Crippen LogP) is 2.22. The quantitative estimate of drug-likeness (QED) is 0.885. The van der Waals surface area contributed by atoms with Crippen molar-refractivity contribution < 1.29 is 0 Å². The second kappa shape index (κ2) is 5.81. The van der Waals surface area contributed by atoms with E-state index < -0.39 is 0 Å². The van der Waals surface area contributed by atoms with Crippen molar-refractivity contribution in [1.29, 1.82) is 0 Å². The molecule has 1 saturated carbocycles. The van der Waals surface area contributed by atoms with Gasteiger partial charge in [0.05, 0.1) is 0 Å². The van der Waals surface area contributed by atoms with Gasteiger partial charge in [0, 0.05) is 44.6 Å². The molecular weight excluding hydrogens is 222 g/mol. The van der Waals surface area contributed by atoms with Crippen LogP contribution >= 0.6 is 0 Å². The van der Waals surface area contributed by atoms with Gasteiger partial charge in [-0.3, -0.25) is 9.88 Å². The molecule has 1 atom stereocenters. The molecule has 1 aliphatic carbocycles. The summed E-state index contributed by atoms with van der Waals surface area (Å²) in [5.41, 5.74) is 1.47. The Morgan fingerprint density at radius 3 is 2.44 bits per heavy atom. The van der Waals surface area contributed by atoms with E-state index in [2.05, 4.69) is 27.3 Å². The standard InChI is InChI=1S/C15H23N3/c1-2-4-13(3-1)15(14-5-7-16-8-6-14)18-11-9-17-10-12-18/h5-8,13,15,17H,1-4,9-12H2/t15-/m1/s1. The fraction of sp³-hybridized carbons (Fsp3) is 0.667. The first-order valence-corrected chi connectivity index (χ1v) is 7.30. The van der Waals surface area contributed by atoms with Crippen molar-refractivity contribution in [1.82, 2.24) is 15.2 Å². The van der Waals surface area contributed by atoms with Crippen molar-refractivity contribution in [3.63, 3.8) is 0 Å². The molecule has 0 radical (unpaired) electrons. The Bertz CT molecular complexity index is 353. The topological polar surface area (TPSA) is 28.2 Å². The average molecular weight is 245 g/mol. The van der Waals surface area contributed by atoms with Crippen molar-refractivity contribution in [2.24, 2.45) is 5.92 Å². The Balaban J connectivity index is 1.82. The van der Waals surface area contributed by atoms with Crippen LogP contribution in [0.3, 0.4) is 0 Å². The van der Waals surface area contributed by atoms with Crippen LogP contribution in [0.5, 0.6) is 0 Å². The summed E-state index contributed by atoms with van der Waals surface area (Å²) in [6, 6.07) is 5.05. The minimum Gasteiger partial charge on any atom is -0.314 e. The Labute approximate surface area is 110 Å². The summed E-state index contributed by atoms with van der Waals surface area (Å²) >= 11 is 0. The molecule has 1 aromatic heterocycles. The zero-order chi connectivity index (χ0) is 12.2. The number of hydrogen-bond donors (Lipinski definition) is 1. The molecule has 18 heavy (non-hydrogen) atoms. The summed E-state index contributed by atoms with van der Waals surface area (Å²) in [7, 11) is 0. The zero-order valence-electron chi connectivity index (χ0n) is 11.0. The Morgan fingerprint density at radius 1 is 1.11 bits per heavy atom. The summed E-state index contributed by atoms with van der Waals surface area (Å²) in [5.74, 6) is 0.852. The second-order valence-electron chi connectivity index (χ2n) is 5.56. The molecule has 0 bridgehead atoms. The Kier molecular flexibility index (Phi) is 3.91. The largest absolute Gasteiger partial charge is 0.314 e. The van der Waals surface area contributed by atoms with Gasteiger partial charge in [0.15, 0.2) is 0 Å². The van der Waals surface area contributed by atoms with Crippen molar-refractivity contribution in [3.05, 3.63) is 30.1 Å². The number of nitrogens with zero attached hydrogens (tertiary/aromatic N) is 2. The van der Waals surface area contributed by atoms with Crippen molar-refractivity contribution in [3.8, 4) is 0 Å². The molecule has 1 aromatic rings. The molecule has 1 aliphatic heterocycles. The number of hydrogen-bond acceptors (Lipinski definition) is 3. The molecule has 2 fully saturated rings. The van der Waals surface area contributed by atoms with Crippen molar-refractivity contribution in [2.45, 2.75) is 31.7 Å². The van der Waals surface area contributed by atoms with Gasteiger partial charge in [-0.25, -0.2) is 0 Å². The van der Waals surface area contributed by atoms with E-state index in [1.807, 2.05) is 12.4 Å². The summed E-state index contributed by atoms with van der Waals surface area (Å²) in [5, 5.41) is 3.46. The smallest absolute Gasteiger partial charge is 0.0378 e. The lowest BCUT2D eigenvalue weighted by Gasteiger charge is -2.38. The molecule has 0 amide bonds. The van der Waals surface area contributed by atoms with Crippen LogP contribution in [0.25, 0.3) is 0 Å². The number of pyridine rings is 1. The van der Waals surface area contributed by atoms with Gasteiger partial charge in [-0.2, -0.15) is 0 Å². The van der Waals surface area contributed by atoms with E-state index in [0.717, 1.165) is 19.0 Å². The van der Waals surface area contributed by atoms with Crippen LogP contribution in [0.1, 0.15) is 37.3 Å². The van der Waals surface area contributed by atoms with Crippen LogP contribution in [-0.4, -0.2) is 36.1 Å². The van der Waals surface area contributed by atoms with Crippen LogP contribution in [-0.2, 0) is 0 Å². The van der Waals surface area contributed by atoms with E-state index in [1.165, 1.54) is 44.3 Å². The van der Waals surface area contributed by atoms with E-state index in [4.69, 9.17) is 0 Å². The molecule has 1 N–H and O–H groups in total. The number of rotatable bonds is 3. The van der Waals surface area contributed by atoms with Gasteiger partial charge >= 0.3 is 0 Å². The Hall–Kier alpha value is -0.930. The molecule has 98 valence electrons. The molecular formula is C15H23N3. The highest BCUT2D eigenvalue weighted by Gasteiger charge is 2.31. The lowest BCUT2D eigenvalue weighted by Crippen LogP contribution is -2.46. The fourth-order valence-corrected chi connectivity index (χ4v) is 3.58. The number of nitrogens with one attached hydrogen (secondary N) is 1. The monoisotopic (exact) mass is 245 g/mol. The molecule has 3 rings (SSSR count). The lowest BCUT2D eigenvalue weighted by molar-refractivity contribution is 0.125. The molecule has 1 saturated heterocycles. The van der Waals surface area contributed by atoms with Crippen LogP contribution < -0.4 is 5.32 Å². The summed E-state index contributed by atoms with van der Waals surface area (Å²) in [6.45, 7) is 4.63. The first-order chi connectivity index (χ1) is 8.95. The van der Waals surface area contributed by atoms with E-state index in [-0.39, 0.29) is 0 Å². The maximum atomic E-state index is 4.17. The lowest BCUT2D eigenvalue weighted by atomic mass is 9.90. The summed E-state index contributed by atoms with van der Waals surface area (Å²) < 4.78 is 0. The van der Waals surface area contributed by atoms with Crippen molar-refractivity contribution in [2.75, 3.05) is 26.2 Å². The second-order valence-corrected chi connectivity index (χ2v) is 5.56. The summed E-state index contributed by atoms with van der Waals surface area (Å²) in [4.78, 5) is 6.85. The average Bonchev–Trinajstić information content (AvgIpc) is 2.95. The molecule has 2 aliphatic rings. The molecule has 2 heterocycles. The Morgan fingerprint density at radius 2 is 1.78 bits per heavy atom. The van der Waals surface area contributed by atoms with Gasteiger partial charge in [0.2, 0.25) is 0 Å². The van der Waals surface area contributed by atoms with Crippen LogP contribution in [0.2, 0.25) is 0 Å². The van der Waals surface area contributed by atoms with Gasteiger partial charge in [0.25, 0.3) is 0 Å². The molecule has 0 unspecified atom stereocenters. The van der Waals surface area contributed by atoms with Crippen molar-refractivity contribution >= 4 is 0 Å². The van der Waals surface area contributed by atoms with Crippen LogP contribution in [0.4, 0.5) is 0 Å². The number of aromatic nitrogens is 1. The SMILES string of the molecule is c1cc([C@@H](C2CCCC2)N2CCNCC2)ccn1. The van der Waals surface area contributed by atoms with Gasteiger partial charge in [-0.15, -0.1) is 0 Å². The normalized spacial score (nSPS) is 24.2. The van der Waals surface area contributed by atoms with Crippen LogP contribution in [0, 0.1) is 5.92 Å². The highest BCUT2D eigenvalue weighted by molar-refractivity contribution is 5.17. The number of piperazine rings is 1.